The van der Waals surface area contributed by atoms with Crippen LogP contribution in [0.2, 0.25) is 5.02 Å². The van der Waals surface area contributed by atoms with E-state index in [9.17, 15) is 4.79 Å². The Morgan fingerprint density at radius 2 is 2.00 bits per heavy atom. The van der Waals surface area contributed by atoms with Crippen molar-refractivity contribution in [2.75, 3.05) is 0 Å². The molecule has 0 aromatic heterocycles. The normalized spacial score (nSPS) is 17.5. The molecular weight excluding hydrogens is 262 g/mol. The molecule has 1 aromatic rings. The van der Waals surface area contributed by atoms with Crippen LogP contribution in [0.3, 0.4) is 0 Å². The number of rotatable bonds is 3. The molecule has 1 amide bonds. The SMILES string of the molecule is CC(C)/C=C1\NC(=N)N(Cc2ccc(Cl)cc2)C1=O. The van der Waals surface area contributed by atoms with Crippen LogP contribution in [0.4, 0.5) is 0 Å². The number of carbonyl (C=O) groups is 1. The van der Waals surface area contributed by atoms with Gasteiger partial charge in [0.25, 0.3) is 5.91 Å². The monoisotopic (exact) mass is 277 g/mol. The predicted molar refractivity (Wildman–Crippen MR) is 75.8 cm³/mol. The van der Waals surface area contributed by atoms with Gasteiger partial charge in [0.2, 0.25) is 5.96 Å². The van der Waals surface area contributed by atoms with Gasteiger partial charge in [0.05, 0.1) is 6.54 Å². The first-order chi connectivity index (χ1) is 8.97. The molecule has 100 valence electrons. The van der Waals surface area contributed by atoms with Crippen LogP contribution in [0, 0.1) is 11.3 Å². The summed E-state index contributed by atoms with van der Waals surface area (Å²) in [6.45, 7) is 4.36. The second kappa shape index (κ2) is 5.45. The van der Waals surface area contributed by atoms with Crippen molar-refractivity contribution < 1.29 is 4.79 Å². The summed E-state index contributed by atoms with van der Waals surface area (Å²) in [5, 5.41) is 11.3. The summed E-state index contributed by atoms with van der Waals surface area (Å²) in [5.74, 6) is 0.218. The molecule has 0 atom stereocenters. The van der Waals surface area contributed by atoms with E-state index in [4.69, 9.17) is 17.0 Å². The van der Waals surface area contributed by atoms with Crippen molar-refractivity contribution in [2.45, 2.75) is 20.4 Å². The molecule has 1 saturated heterocycles. The van der Waals surface area contributed by atoms with Crippen molar-refractivity contribution in [1.82, 2.24) is 10.2 Å². The van der Waals surface area contributed by atoms with Crippen LogP contribution in [0.15, 0.2) is 36.0 Å². The number of allylic oxidation sites excluding steroid dienone is 1. The summed E-state index contributed by atoms with van der Waals surface area (Å²) in [5.41, 5.74) is 1.42. The van der Waals surface area contributed by atoms with Gasteiger partial charge >= 0.3 is 0 Å². The Morgan fingerprint density at radius 1 is 1.37 bits per heavy atom. The number of hydrogen-bond acceptors (Lipinski definition) is 2. The first-order valence-electron chi connectivity index (χ1n) is 6.11. The number of nitrogens with zero attached hydrogens (tertiary/aromatic N) is 1. The highest BCUT2D eigenvalue weighted by Crippen LogP contribution is 2.16. The second-order valence-corrected chi connectivity index (χ2v) is 5.25. The summed E-state index contributed by atoms with van der Waals surface area (Å²) in [4.78, 5) is 13.6. The molecule has 0 unspecified atom stereocenters. The van der Waals surface area contributed by atoms with E-state index in [2.05, 4.69) is 5.32 Å². The molecule has 0 spiro atoms. The summed E-state index contributed by atoms with van der Waals surface area (Å²) < 4.78 is 0. The maximum atomic E-state index is 12.2. The quantitative estimate of drug-likeness (QED) is 0.835. The Balaban J connectivity index is 2.15. The van der Waals surface area contributed by atoms with Crippen LogP contribution in [-0.2, 0) is 11.3 Å². The minimum atomic E-state index is -0.159. The fourth-order valence-electron chi connectivity index (χ4n) is 1.86. The molecule has 1 fully saturated rings. The van der Waals surface area contributed by atoms with Gasteiger partial charge in [-0.1, -0.05) is 43.7 Å². The van der Waals surface area contributed by atoms with E-state index >= 15 is 0 Å². The molecule has 0 saturated carbocycles. The van der Waals surface area contributed by atoms with E-state index in [1.165, 1.54) is 4.90 Å². The van der Waals surface area contributed by atoms with Gasteiger partial charge in [-0.2, -0.15) is 0 Å². The van der Waals surface area contributed by atoms with E-state index in [0.717, 1.165) is 5.56 Å². The minimum absolute atomic E-state index is 0.117. The van der Waals surface area contributed by atoms with Gasteiger partial charge in [0, 0.05) is 5.02 Å². The molecule has 1 aromatic carbocycles. The van der Waals surface area contributed by atoms with E-state index in [1.54, 1.807) is 12.1 Å². The highest BCUT2D eigenvalue weighted by atomic mass is 35.5. The molecule has 1 heterocycles. The van der Waals surface area contributed by atoms with Gasteiger partial charge in [-0.15, -0.1) is 0 Å². The van der Waals surface area contributed by atoms with E-state index < -0.39 is 0 Å². The third kappa shape index (κ3) is 3.15. The number of hydrogen-bond donors (Lipinski definition) is 2. The molecular formula is C14H16ClN3O. The number of halogens is 1. The van der Waals surface area contributed by atoms with E-state index in [1.807, 2.05) is 32.1 Å². The van der Waals surface area contributed by atoms with Crippen molar-refractivity contribution in [3.05, 3.63) is 46.6 Å². The van der Waals surface area contributed by atoms with Gasteiger partial charge in [-0.25, -0.2) is 0 Å². The molecule has 1 aliphatic heterocycles. The number of carbonyl (C=O) groups excluding carboxylic acids is 1. The maximum absolute atomic E-state index is 12.2. The van der Waals surface area contributed by atoms with Crippen molar-refractivity contribution in [3.8, 4) is 0 Å². The van der Waals surface area contributed by atoms with Crippen LogP contribution in [-0.4, -0.2) is 16.8 Å². The van der Waals surface area contributed by atoms with Crippen molar-refractivity contribution in [3.63, 3.8) is 0 Å². The van der Waals surface area contributed by atoms with Crippen LogP contribution in [0.5, 0.6) is 0 Å². The molecule has 19 heavy (non-hydrogen) atoms. The fourth-order valence-corrected chi connectivity index (χ4v) is 1.99. The third-order valence-corrected chi connectivity index (χ3v) is 3.00. The number of nitrogens with one attached hydrogen (secondary N) is 2. The average Bonchev–Trinajstić information content (AvgIpc) is 2.59. The molecule has 2 N–H and O–H groups in total. The average molecular weight is 278 g/mol. The largest absolute Gasteiger partial charge is 0.322 e. The van der Waals surface area contributed by atoms with Crippen LogP contribution in [0.1, 0.15) is 19.4 Å². The highest BCUT2D eigenvalue weighted by molar-refractivity contribution is 6.30. The minimum Gasteiger partial charge on any atom is -0.322 e. The topological polar surface area (TPSA) is 56.2 Å². The van der Waals surface area contributed by atoms with E-state index in [0.29, 0.717) is 17.3 Å². The smallest absolute Gasteiger partial charge is 0.277 e. The third-order valence-electron chi connectivity index (χ3n) is 2.75. The van der Waals surface area contributed by atoms with Crippen molar-refractivity contribution >= 4 is 23.5 Å². The summed E-state index contributed by atoms with van der Waals surface area (Å²) in [6, 6.07) is 7.26. The van der Waals surface area contributed by atoms with Gasteiger partial charge < -0.3 is 5.32 Å². The van der Waals surface area contributed by atoms with Crippen molar-refractivity contribution in [2.24, 2.45) is 5.92 Å². The zero-order valence-electron chi connectivity index (χ0n) is 10.9. The summed E-state index contributed by atoms with van der Waals surface area (Å²) in [7, 11) is 0. The zero-order chi connectivity index (χ0) is 14.0. The number of benzene rings is 1. The van der Waals surface area contributed by atoms with Crippen LogP contribution >= 0.6 is 11.6 Å². The Hall–Kier alpha value is -1.81. The molecule has 2 rings (SSSR count). The van der Waals surface area contributed by atoms with Gasteiger partial charge in [0.1, 0.15) is 5.70 Å². The molecule has 0 bridgehead atoms. The Morgan fingerprint density at radius 3 is 2.58 bits per heavy atom. The first kappa shape index (κ1) is 13.6. The summed E-state index contributed by atoms with van der Waals surface area (Å²) >= 11 is 5.82. The first-order valence-corrected chi connectivity index (χ1v) is 6.49. The zero-order valence-corrected chi connectivity index (χ0v) is 11.7. The lowest BCUT2D eigenvalue weighted by Crippen LogP contribution is -2.30. The van der Waals surface area contributed by atoms with Gasteiger partial charge in [-0.3, -0.25) is 15.1 Å². The van der Waals surface area contributed by atoms with Crippen LogP contribution in [0.25, 0.3) is 0 Å². The maximum Gasteiger partial charge on any atom is 0.277 e. The second-order valence-electron chi connectivity index (χ2n) is 4.82. The van der Waals surface area contributed by atoms with Gasteiger partial charge in [-0.05, 0) is 23.6 Å². The molecule has 5 heteroatoms. The summed E-state index contributed by atoms with van der Waals surface area (Å²) in [6.07, 6.45) is 1.83. The predicted octanol–water partition coefficient (Wildman–Crippen LogP) is 2.75. The van der Waals surface area contributed by atoms with Gasteiger partial charge in [0.15, 0.2) is 0 Å². The Labute approximate surface area is 117 Å². The molecule has 1 aliphatic rings. The van der Waals surface area contributed by atoms with E-state index in [-0.39, 0.29) is 17.8 Å². The fraction of sp³-hybridized carbons (Fsp3) is 0.286. The number of guanidine groups is 1. The lowest BCUT2D eigenvalue weighted by atomic mass is 10.2. The Bertz CT molecular complexity index is 534. The molecule has 0 aliphatic carbocycles. The lowest BCUT2D eigenvalue weighted by Gasteiger charge is -2.13. The van der Waals surface area contributed by atoms with Crippen LogP contribution < -0.4 is 5.32 Å². The number of amides is 1. The molecule has 4 nitrogen and oxygen atoms in total. The highest BCUT2D eigenvalue weighted by Gasteiger charge is 2.30. The molecule has 0 radical (unpaired) electrons. The standard InChI is InChI=1S/C14H16ClN3O/c1-9(2)7-12-13(19)18(14(16)17-12)8-10-3-5-11(15)6-4-10/h3-7,9H,8H2,1-2H3,(H2,16,17)/b12-7-. The Kier molecular flexibility index (Phi) is 3.90. The van der Waals surface area contributed by atoms with Crippen molar-refractivity contribution in [1.29, 1.82) is 5.41 Å². The lowest BCUT2D eigenvalue weighted by molar-refractivity contribution is -0.122.